The summed E-state index contributed by atoms with van der Waals surface area (Å²) in [6.45, 7) is 2.13. The normalized spacial score (nSPS) is 17.1. The molecule has 1 N–H and O–H groups in total. The molecule has 1 fully saturated rings. The number of hydrogen-bond donors (Lipinski definition) is 1. The van der Waals surface area contributed by atoms with Crippen molar-refractivity contribution in [2.24, 2.45) is 5.92 Å². The largest absolute Gasteiger partial charge is 0.336 e. The van der Waals surface area contributed by atoms with Gasteiger partial charge in [-0.15, -0.1) is 0 Å². The van der Waals surface area contributed by atoms with Crippen LogP contribution in [0.5, 0.6) is 0 Å². The molecule has 0 bridgehead atoms. The molecule has 0 aliphatic carbocycles. The molecule has 1 heterocycles. The van der Waals surface area contributed by atoms with E-state index in [2.05, 4.69) is 5.32 Å². The monoisotopic (exact) mass is 397 g/mol. The summed E-state index contributed by atoms with van der Waals surface area (Å²) in [6.07, 6.45) is 0.139. The third kappa shape index (κ3) is 4.99. The van der Waals surface area contributed by atoms with Crippen molar-refractivity contribution in [3.63, 3.8) is 0 Å². The number of nitrogens with zero attached hydrogens (tertiary/aromatic N) is 2. The Kier molecular flexibility index (Phi) is 6.26. The molecule has 152 valence electrons. The standard InChI is InChI=1S/C22H24FN3O3/c1-15(16-6-4-3-5-7-16)26-13-17(12-21(26)28)22(29)25(2)14-20(27)24-19-10-8-18(23)9-11-19/h3-11,15,17H,12-14H2,1-2H3,(H,24,27)/t15-,17-/m1/s1. The van der Waals surface area contributed by atoms with Crippen LogP contribution in [0.15, 0.2) is 54.6 Å². The van der Waals surface area contributed by atoms with E-state index in [4.69, 9.17) is 0 Å². The first kappa shape index (κ1) is 20.5. The van der Waals surface area contributed by atoms with Gasteiger partial charge in [-0.05, 0) is 36.8 Å². The summed E-state index contributed by atoms with van der Waals surface area (Å²) in [5, 5.41) is 2.63. The molecule has 0 spiro atoms. The second-order valence-corrected chi connectivity index (χ2v) is 7.28. The number of likely N-dealkylation sites (N-methyl/N-ethyl adjacent to an activating group) is 1. The molecule has 2 atom stereocenters. The van der Waals surface area contributed by atoms with Gasteiger partial charge in [0.2, 0.25) is 17.7 Å². The van der Waals surface area contributed by atoms with Crippen molar-refractivity contribution in [1.82, 2.24) is 9.80 Å². The number of nitrogens with one attached hydrogen (secondary N) is 1. The van der Waals surface area contributed by atoms with E-state index in [1.165, 1.54) is 29.2 Å². The minimum absolute atomic E-state index is 0.0659. The molecule has 1 aliphatic rings. The Morgan fingerprint density at radius 2 is 1.83 bits per heavy atom. The molecular formula is C22H24FN3O3. The molecule has 7 heteroatoms. The molecule has 0 saturated carbocycles. The van der Waals surface area contributed by atoms with Crippen LogP contribution < -0.4 is 5.32 Å². The molecule has 1 aliphatic heterocycles. The van der Waals surface area contributed by atoms with E-state index in [-0.39, 0.29) is 36.7 Å². The van der Waals surface area contributed by atoms with Crippen molar-refractivity contribution in [3.8, 4) is 0 Å². The maximum Gasteiger partial charge on any atom is 0.243 e. The highest BCUT2D eigenvalue weighted by atomic mass is 19.1. The number of anilines is 1. The van der Waals surface area contributed by atoms with E-state index in [1.807, 2.05) is 37.3 Å². The summed E-state index contributed by atoms with van der Waals surface area (Å²) < 4.78 is 12.9. The summed E-state index contributed by atoms with van der Waals surface area (Å²) in [6, 6.07) is 15.0. The van der Waals surface area contributed by atoms with Gasteiger partial charge < -0.3 is 15.1 Å². The summed E-state index contributed by atoms with van der Waals surface area (Å²) in [4.78, 5) is 40.4. The fraction of sp³-hybridized carbons (Fsp3) is 0.318. The predicted molar refractivity (Wildman–Crippen MR) is 107 cm³/mol. The van der Waals surface area contributed by atoms with Gasteiger partial charge in [0.1, 0.15) is 5.82 Å². The van der Waals surface area contributed by atoms with Gasteiger partial charge in [0.15, 0.2) is 0 Å². The lowest BCUT2D eigenvalue weighted by molar-refractivity contribution is -0.137. The van der Waals surface area contributed by atoms with E-state index in [0.717, 1.165) is 5.56 Å². The van der Waals surface area contributed by atoms with Crippen LogP contribution in [0.2, 0.25) is 0 Å². The van der Waals surface area contributed by atoms with Gasteiger partial charge in [0.25, 0.3) is 0 Å². The molecule has 6 nitrogen and oxygen atoms in total. The Morgan fingerprint density at radius 3 is 2.48 bits per heavy atom. The summed E-state index contributed by atoms with van der Waals surface area (Å²) >= 11 is 0. The zero-order valence-corrected chi connectivity index (χ0v) is 16.5. The van der Waals surface area contributed by atoms with E-state index >= 15 is 0 Å². The van der Waals surface area contributed by atoms with Crippen LogP contribution in [0.3, 0.4) is 0 Å². The lowest BCUT2D eigenvalue weighted by Gasteiger charge is -2.26. The van der Waals surface area contributed by atoms with Crippen LogP contribution in [0.4, 0.5) is 10.1 Å². The SMILES string of the molecule is C[C@H](c1ccccc1)N1C[C@H](C(=O)N(C)CC(=O)Nc2ccc(F)cc2)CC1=O. The first-order valence-corrected chi connectivity index (χ1v) is 9.50. The minimum Gasteiger partial charge on any atom is -0.336 e. The number of likely N-dealkylation sites (tertiary alicyclic amines) is 1. The molecule has 0 unspecified atom stereocenters. The Bertz CT molecular complexity index is 886. The number of hydrogen-bond acceptors (Lipinski definition) is 3. The second-order valence-electron chi connectivity index (χ2n) is 7.28. The first-order chi connectivity index (χ1) is 13.8. The zero-order valence-electron chi connectivity index (χ0n) is 16.5. The molecule has 3 rings (SSSR count). The topological polar surface area (TPSA) is 69.7 Å². The maximum atomic E-state index is 12.9. The molecular weight excluding hydrogens is 373 g/mol. The van der Waals surface area contributed by atoms with E-state index in [0.29, 0.717) is 12.2 Å². The lowest BCUT2D eigenvalue weighted by atomic mass is 10.1. The van der Waals surface area contributed by atoms with E-state index in [9.17, 15) is 18.8 Å². The molecule has 0 radical (unpaired) electrons. The number of rotatable bonds is 6. The smallest absolute Gasteiger partial charge is 0.243 e. The fourth-order valence-electron chi connectivity index (χ4n) is 3.52. The van der Waals surface area contributed by atoms with Gasteiger partial charge >= 0.3 is 0 Å². The highest BCUT2D eigenvalue weighted by Gasteiger charge is 2.38. The van der Waals surface area contributed by atoms with Crippen molar-refractivity contribution >= 4 is 23.4 Å². The average molecular weight is 397 g/mol. The van der Waals surface area contributed by atoms with Crippen molar-refractivity contribution in [1.29, 1.82) is 0 Å². The Labute approximate surface area is 169 Å². The number of amides is 3. The molecule has 3 amide bonds. The minimum atomic E-state index is -0.475. The second kappa shape index (κ2) is 8.86. The first-order valence-electron chi connectivity index (χ1n) is 9.50. The van der Waals surface area contributed by atoms with Crippen molar-refractivity contribution in [2.45, 2.75) is 19.4 Å². The Hall–Kier alpha value is -3.22. The number of carbonyl (C=O) groups is 3. The van der Waals surface area contributed by atoms with E-state index < -0.39 is 11.7 Å². The molecule has 2 aromatic carbocycles. The van der Waals surface area contributed by atoms with E-state index in [1.54, 1.807) is 11.9 Å². The van der Waals surface area contributed by atoms with Gasteiger partial charge in [-0.3, -0.25) is 14.4 Å². The van der Waals surface area contributed by atoms with Gasteiger partial charge in [0.05, 0.1) is 18.5 Å². The van der Waals surface area contributed by atoms with Crippen molar-refractivity contribution in [3.05, 3.63) is 66.0 Å². The highest BCUT2D eigenvalue weighted by molar-refractivity contribution is 5.96. The lowest BCUT2D eigenvalue weighted by Crippen LogP contribution is -2.39. The van der Waals surface area contributed by atoms with Gasteiger partial charge in [0, 0.05) is 25.7 Å². The number of halogens is 1. The van der Waals surface area contributed by atoms with Crippen LogP contribution in [0.25, 0.3) is 0 Å². The van der Waals surface area contributed by atoms with Crippen molar-refractivity contribution < 1.29 is 18.8 Å². The molecule has 1 saturated heterocycles. The zero-order chi connectivity index (χ0) is 21.0. The van der Waals surface area contributed by atoms with Gasteiger partial charge in [-0.1, -0.05) is 30.3 Å². The highest BCUT2D eigenvalue weighted by Crippen LogP contribution is 2.29. The molecule has 0 aromatic heterocycles. The van der Waals surface area contributed by atoms with Crippen molar-refractivity contribution in [2.75, 3.05) is 25.5 Å². The third-order valence-corrected chi connectivity index (χ3v) is 5.14. The Balaban J connectivity index is 1.56. The van der Waals surface area contributed by atoms with Crippen LogP contribution >= 0.6 is 0 Å². The predicted octanol–water partition coefficient (Wildman–Crippen LogP) is 2.83. The van der Waals surface area contributed by atoms with Crippen LogP contribution in [-0.4, -0.2) is 47.7 Å². The van der Waals surface area contributed by atoms with Crippen LogP contribution in [-0.2, 0) is 14.4 Å². The average Bonchev–Trinajstić information content (AvgIpc) is 3.10. The van der Waals surface area contributed by atoms with Crippen LogP contribution in [0.1, 0.15) is 24.9 Å². The summed E-state index contributed by atoms with van der Waals surface area (Å²) in [7, 11) is 1.54. The number of benzene rings is 2. The maximum absolute atomic E-state index is 12.9. The molecule has 2 aromatic rings. The fourth-order valence-corrected chi connectivity index (χ4v) is 3.52. The number of carbonyl (C=O) groups excluding carboxylic acids is 3. The van der Waals surface area contributed by atoms with Crippen LogP contribution in [0, 0.1) is 11.7 Å². The molecule has 29 heavy (non-hydrogen) atoms. The quantitative estimate of drug-likeness (QED) is 0.815. The van der Waals surface area contributed by atoms with Gasteiger partial charge in [-0.25, -0.2) is 4.39 Å². The third-order valence-electron chi connectivity index (χ3n) is 5.14. The summed E-state index contributed by atoms with van der Waals surface area (Å²) in [5.74, 6) is -1.56. The summed E-state index contributed by atoms with van der Waals surface area (Å²) in [5.41, 5.74) is 1.47. The Morgan fingerprint density at radius 1 is 1.17 bits per heavy atom. The van der Waals surface area contributed by atoms with Gasteiger partial charge in [-0.2, -0.15) is 0 Å².